The van der Waals surface area contributed by atoms with E-state index in [9.17, 15) is 4.79 Å². The molecule has 0 fully saturated rings. The Balaban J connectivity index is 2.74. The molecule has 0 aromatic heterocycles. The van der Waals surface area contributed by atoms with Crippen molar-refractivity contribution in [2.24, 2.45) is 5.92 Å². The molecule has 4 heteroatoms. The van der Waals surface area contributed by atoms with Crippen LogP contribution in [0.2, 0.25) is 0 Å². The summed E-state index contributed by atoms with van der Waals surface area (Å²) in [5.41, 5.74) is 0.717. The van der Waals surface area contributed by atoms with Crippen LogP contribution >= 0.6 is 22.6 Å². The first-order valence-electron chi connectivity index (χ1n) is 5.60. The van der Waals surface area contributed by atoms with Gasteiger partial charge in [-0.2, -0.15) is 0 Å². The van der Waals surface area contributed by atoms with Gasteiger partial charge in [0.05, 0.1) is 18.2 Å². The molecule has 0 saturated carbocycles. The standard InChI is InChI=1S/C13H18INO2/c1-9(2)12(8-17-3)15-13(16)10-6-4-5-7-11(10)14/h4-7,9,12H,8H2,1-3H3,(H,15,16). The maximum atomic E-state index is 12.1. The van der Waals surface area contributed by atoms with Gasteiger partial charge in [-0.25, -0.2) is 0 Å². The topological polar surface area (TPSA) is 38.3 Å². The van der Waals surface area contributed by atoms with Crippen molar-refractivity contribution < 1.29 is 9.53 Å². The molecule has 0 spiro atoms. The van der Waals surface area contributed by atoms with Crippen LogP contribution in [0.25, 0.3) is 0 Å². The van der Waals surface area contributed by atoms with Crippen molar-refractivity contribution in [1.29, 1.82) is 0 Å². The Morgan fingerprint density at radius 1 is 1.41 bits per heavy atom. The first-order valence-corrected chi connectivity index (χ1v) is 6.68. The van der Waals surface area contributed by atoms with Gasteiger partial charge in [0.1, 0.15) is 0 Å². The Morgan fingerprint density at radius 2 is 2.06 bits per heavy atom. The zero-order valence-corrected chi connectivity index (χ0v) is 12.5. The van der Waals surface area contributed by atoms with Gasteiger partial charge in [-0.3, -0.25) is 4.79 Å². The van der Waals surface area contributed by atoms with E-state index in [0.717, 1.165) is 9.13 Å². The molecule has 1 unspecified atom stereocenters. The van der Waals surface area contributed by atoms with Crippen LogP contribution in [-0.4, -0.2) is 25.7 Å². The lowest BCUT2D eigenvalue weighted by Gasteiger charge is -2.21. The summed E-state index contributed by atoms with van der Waals surface area (Å²) in [5, 5.41) is 3.01. The number of rotatable bonds is 5. The van der Waals surface area contributed by atoms with Crippen molar-refractivity contribution in [2.75, 3.05) is 13.7 Å². The molecule has 0 heterocycles. The fourth-order valence-corrected chi connectivity index (χ4v) is 2.10. The van der Waals surface area contributed by atoms with Gasteiger partial charge in [-0.05, 0) is 40.6 Å². The molecule has 1 aromatic rings. The smallest absolute Gasteiger partial charge is 0.252 e. The highest BCUT2D eigenvalue weighted by Gasteiger charge is 2.18. The van der Waals surface area contributed by atoms with Gasteiger partial charge in [-0.15, -0.1) is 0 Å². The van der Waals surface area contributed by atoms with E-state index in [1.807, 2.05) is 24.3 Å². The molecule has 1 atom stereocenters. The molecule has 0 saturated heterocycles. The Morgan fingerprint density at radius 3 is 2.59 bits per heavy atom. The zero-order valence-electron chi connectivity index (χ0n) is 10.4. The number of carbonyl (C=O) groups excluding carboxylic acids is 1. The number of hydrogen-bond donors (Lipinski definition) is 1. The van der Waals surface area contributed by atoms with E-state index in [-0.39, 0.29) is 11.9 Å². The number of benzene rings is 1. The highest BCUT2D eigenvalue weighted by atomic mass is 127. The van der Waals surface area contributed by atoms with E-state index in [2.05, 4.69) is 41.8 Å². The summed E-state index contributed by atoms with van der Waals surface area (Å²) in [6.07, 6.45) is 0. The molecule has 94 valence electrons. The number of halogens is 1. The summed E-state index contributed by atoms with van der Waals surface area (Å²) in [5.74, 6) is 0.311. The van der Waals surface area contributed by atoms with E-state index < -0.39 is 0 Å². The van der Waals surface area contributed by atoms with Crippen molar-refractivity contribution in [2.45, 2.75) is 19.9 Å². The van der Waals surface area contributed by atoms with Gasteiger partial charge in [-0.1, -0.05) is 26.0 Å². The van der Waals surface area contributed by atoms with Crippen LogP contribution in [0, 0.1) is 9.49 Å². The van der Waals surface area contributed by atoms with Crippen LogP contribution in [0.4, 0.5) is 0 Å². The summed E-state index contributed by atoms with van der Waals surface area (Å²) in [7, 11) is 1.65. The molecule has 0 radical (unpaired) electrons. The van der Waals surface area contributed by atoms with Crippen LogP contribution in [0.5, 0.6) is 0 Å². The number of nitrogens with one attached hydrogen (secondary N) is 1. The number of amides is 1. The third-order valence-electron chi connectivity index (χ3n) is 2.59. The second-order valence-corrected chi connectivity index (χ2v) is 5.42. The summed E-state index contributed by atoms with van der Waals surface area (Å²) < 4.78 is 6.08. The highest BCUT2D eigenvalue weighted by molar-refractivity contribution is 14.1. The molecule has 0 aliphatic rings. The Bertz CT molecular complexity index is 379. The predicted octanol–water partition coefficient (Wildman–Crippen LogP) is 2.69. The summed E-state index contributed by atoms with van der Waals surface area (Å²) >= 11 is 2.17. The first kappa shape index (κ1) is 14.4. The summed E-state index contributed by atoms with van der Waals surface area (Å²) in [4.78, 5) is 12.1. The SMILES string of the molecule is COCC(NC(=O)c1ccccc1I)C(C)C. The minimum atomic E-state index is -0.0363. The molecular formula is C13H18INO2. The van der Waals surface area contributed by atoms with Crippen LogP contribution in [0.1, 0.15) is 24.2 Å². The number of hydrogen-bond acceptors (Lipinski definition) is 2. The maximum absolute atomic E-state index is 12.1. The lowest BCUT2D eigenvalue weighted by molar-refractivity contribution is 0.0866. The van der Waals surface area contributed by atoms with Crippen LogP contribution in [-0.2, 0) is 4.74 Å². The second kappa shape index (κ2) is 6.96. The normalized spacial score (nSPS) is 12.5. The lowest BCUT2D eigenvalue weighted by Crippen LogP contribution is -2.41. The molecule has 3 nitrogen and oxygen atoms in total. The molecule has 0 aliphatic heterocycles. The van der Waals surface area contributed by atoms with E-state index >= 15 is 0 Å². The van der Waals surface area contributed by atoms with Gasteiger partial charge >= 0.3 is 0 Å². The van der Waals surface area contributed by atoms with Gasteiger partial charge in [0.2, 0.25) is 0 Å². The average Bonchev–Trinajstić information content (AvgIpc) is 2.28. The molecule has 1 N–H and O–H groups in total. The molecule has 17 heavy (non-hydrogen) atoms. The van der Waals surface area contributed by atoms with Gasteiger partial charge in [0.25, 0.3) is 5.91 Å². The number of methoxy groups -OCH3 is 1. The van der Waals surface area contributed by atoms with Crippen molar-refractivity contribution in [1.82, 2.24) is 5.32 Å². The van der Waals surface area contributed by atoms with E-state index in [0.29, 0.717) is 12.5 Å². The van der Waals surface area contributed by atoms with Crippen molar-refractivity contribution in [3.8, 4) is 0 Å². The van der Waals surface area contributed by atoms with E-state index in [1.54, 1.807) is 7.11 Å². The summed E-state index contributed by atoms with van der Waals surface area (Å²) in [6.45, 7) is 4.67. The lowest BCUT2D eigenvalue weighted by atomic mass is 10.0. The monoisotopic (exact) mass is 347 g/mol. The zero-order chi connectivity index (χ0) is 12.8. The van der Waals surface area contributed by atoms with E-state index in [4.69, 9.17) is 4.74 Å². The van der Waals surface area contributed by atoms with Crippen molar-refractivity contribution in [3.63, 3.8) is 0 Å². The average molecular weight is 347 g/mol. The van der Waals surface area contributed by atoms with Gasteiger partial charge < -0.3 is 10.1 Å². The van der Waals surface area contributed by atoms with Gasteiger partial charge in [0.15, 0.2) is 0 Å². The fraction of sp³-hybridized carbons (Fsp3) is 0.462. The van der Waals surface area contributed by atoms with Crippen LogP contribution in [0.15, 0.2) is 24.3 Å². The minimum absolute atomic E-state index is 0.0363. The predicted molar refractivity (Wildman–Crippen MR) is 77.1 cm³/mol. The second-order valence-electron chi connectivity index (χ2n) is 4.26. The largest absolute Gasteiger partial charge is 0.383 e. The quantitative estimate of drug-likeness (QED) is 0.832. The molecule has 0 aliphatic carbocycles. The number of carbonyl (C=O) groups is 1. The van der Waals surface area contributed by atoms with Crippen LogP contribution < -0.4 is 5.32 Å². The Kier molecular flexibility index (Phi) is 5.91. The molecule has 1 amide bonds. The maximum Gasteiger partial charge on any atom is 0.252 e. The van der Waals surface area contributed by atoms with Crippen molar-refractivity contribution >= 4 is 28.5 Å². The summed E-state index contributed by atoms with van der Waals surface area (Å²) in [6, 6.07) is 7.60. The van der Waals surface area contributed by atoms with Crippen LogP contribution in [0.3, 0.4) is 0 Å². The van der Waals surface area contributed by atoms with Crippen molar-refractivity contribution in [3.05, 3.63) is 33.4 Å². The highest BCUT2D eigenvalue weighted by Crippen LogP contribution is 2.12. The molecular weight excluding hydrogens is 329 g/mol. The third-order valence-corrected chi connectivity index (χ3v) is 3.53. The molecule has 1 aromatic carbocycles. The molecule has 0 bridgehead atoms. The van der Waals surface area contributed by atoms with E-state index in [1.165, 1.54) is 0 Å². The van der Waals surface area contributed by atoms with Gasteiger partial charge in [0, 0.05) is 10.7 Å². The third kappa shape index (κ3) is 4.27. The number of ether oxygens (including phenoxy) is 1. The Hall–Kier alpha value is -0.620. The fourth-order valence-electron chi connectivity index (χ4n) is 1.47. The first-order chi connectivity index (χ1) is 8.06. The minimum Gasteiger partial charge on any atom is -0.383 e. The Labute approximate surface area is 116 Å². The molecule has 1 rings (SSSR count).